The van der Waals surface area contributed by atoms with E-state index >= 15 is 0 Å². The Morgan fingerprint density at radius 2 is 1.93 bits per heavy atom. The largest absolute Gasteiger partial charge is 0.495 e. The normalized spacial score (nSPS) is 10.6. The number of hydrogen-bond acceptors (Lipinski definition) is 3. The average Bonchev–Trinajstić information content (AvgIpc) is 2.97. The fraction of sp³-hybridized carbons (Fsp3) is 0.111. The van der Waals surface area contributed by atoms with Crippen molar-refractivity contribution < 1.29 is 4.74 Å². The van der Waals surface area contributed by atoms with Gasteiger partial charge in [0.1, 0.15) is 5.75 Å². The highest BCUT2D eigenvalue weighted by Crippen LogP contribution is 2.28. The van der Waals surface area contributed by atoms with E-state index in [4.69, 9.17) is 51.8 Å². The molecule has 0 amide bonds. The number of ether oxygens (including phenoxy) is 1. The Bertz CT molecular complexity index is 1030. The Morgan fingerprint density at radius 3 is 2.64 bits per heavy atom. The zero-order chi connectivity index (χ0) is 20.3. The van der Waals surface area contributed by atoms with Gasteiger partial charge in [-0.15, -0.1) is 0 Å². The summed E-state index contributed by atoms with van der Waals surface area (Å²) in [6, 6.07) is 10.7. The molecule has 0 bridgehead atoms. The zero-order valence-electron chi connectivity index (χ0n) is 14.5. The molecule has 3 aromatic rings. The first-order valence-corrected chi connectivity index (χ1v) is 10.3. The van der Waals surface area contributed by atoms with E-state index in [1.54, 1.807) is 36.1 Å². The minimum absolute atomic E-state index is 0.348. The molecule has 146 valence electrons. The summed E-state index contributed by atoms with van der Waals surface area (Å²) >= 11 is 26.9. The molecule has 0 unspecified atom stereocenters. The third kappa shape index (κ3) is 5.30. The van der Waals surface area contributed by atoms with Crippen LogP contribution in [-0.4, -0.2) is 22.0 Å². The second kappa shape index (κ2) is 9.33. The Kier molecular flexibility index (Phi) is 7.06. The lowest BCUT2D eigenvalue weighted by Gasteiger charge is -2.13. The smallest absolute Gasteiger partial charge is 0.176 e. The molecule has 1 aromatic heterocycles. The van der Waals surface area contributed by atoms with Crippen molar-refractivity contribution in [1.82, 2.24) is 9.78 Å². The summed E-state index contributed by atoms with van der Waals surface area (Å²) < 4.78 is 7.82. The second-order valence-corrected chi connectivity index (χ2v) is 8.21. The maximum absolute atomic E-state index is 6.07. The van der Waals surface area contributed by atoms with Crippen molar-refractivity contribution in [2.24, 2.45) is 0 Å². The van der Waals surface area contributed by atoms with Crippen LogP contribution in [-0.2, 0) is 6.54 Å². The van der Waals surface area contributed by atoms with Crippen LogP contribution in [0.2, 0.25) is 15.1 Å². The lowest BCUT2D eigenvalue weighted by molar-refractivity contribution is 0.417. The van der Waals surface area contributed by atoms with E-state index in [0.717, 1.165) is 10.0 Å². The average molecular weight is 521 g/mol. The summed E-state index contributed by atoms with van der Waals surface area (Å²) in [4.78, 5) is 0. The van der Waals surface area contributed by atoms with Gasteiger partial charge in [-0.3, -0.25) is 4.68 Å². The lowest BCUT2D eigenvalue weighted by atomic mass is 10.2. The number of hydrogen-bond donors (Lipinski definition) is 2. The van der Waals surface area contributed by atoms with E-state index in [0.29, 0.717) is 44.0 Å². The zero-order valence-corrected chi connectivity index (χ0v) is 19.1. The number of halogens is 4. The van der Waals surface area contributed by atoms with Gasteiger partial charge in [0.25, 0.3) is 0 Å². The van der Waals surface area contributed by atoms with Crippen molar-refractivity contribution in [2.45, 2.75) is 6.54 Å². The van der Waals surface area contributed by atoms with Crippen molar-refractivity contribution in [1.29, 1.82) is 0 Å². The first kappa shape index (κ1) is 21.2. The topological polar surface area (TPSA) is 51.1 Å². The van der Waals surface area contributed by atoms with Crippen LogP contribution in [0.1, 0.15) is 5.56 Å². The predicted molar refractivity (Wildman–Crippen MR) is 123 cm³/mol. The molecule has 0 radical (unpaired) electrons. The standard InChI is InChI=1S/C18H14BrCl3N4OS/c1-27-16-5-3-11(20)7-15(16)23-18(28)24-17-12(19)9-26(25-17)8-10-2-4-13(21)14(22)6-10/h2-7,9H,8H2,1H3,(H2,23,24,25,28). The van der Waals surface area contributed by atoms with Crippen LogP contribution in [0.15, 0.2) is 47.1 Å². The van der Waals surface area contributed by atoms with Crippen molar-refractivity contribution in [3.8, 4) is 5.75 Å². The molecule has 3 rings (SSSR count). The number of nitrogens with one attached hydrogen (secondary N) is 2. The van der Waals surface area contributed by atoms with E-state index in [9.17, 15) is 0 Å². The van der Waals surface area contributed by atoms with E-state index in [2.05, 4.69) is 31.7 Å². The molecule has 0 aliphatic heterocycles. The maximum atomic E-state index is 6.07. The van der Waals surface area contributed by atoms with Crippen LogP contribution in [0.4, 0.5) is 11.5 Å². The molecule has 1 heterocycles. The van der Waals surface area contributed by atoms with Gasteiger partial charge in [-0.2, -0.15) is 5.10 Å². The van der Waals surface area contributed by atoms with Crippen molar-refractivity contribution in [3.63, 3.8) is 0 Å². The van der Waals surface area contributed by atoms with Gasteiger partial charge in [0.15, 0.2) is 10.9 Å². The number of aromatic nitrogens is 2. The molecule has 0 aliphatic rings. The monoisotopic (exact) mass is 518 g/mol. The quantitative estimate of drug-likeness (QED) is 0.378. The highest BCUT2D eigenvalue weighted by molar-refractivity contribution is 9.10. The molecule has 0 aliphatic carbocycles. The summed E-state index contributed by atoms with van der Waals surface area (Å²) in [5, 5.41) is 12.5. The first-order valence-electron chi connectivity index (χ1n) is 7.94. The maximum Gasteiger partial charge on any atom is 0.176 e. The Balaban J connectivity index is 1.70. The van der Waals surface area contributed by atoms with E-state index in [1.165, 1.54) is 0 Å². The summed E-state index contributed by atoms with van der Waals surface area (Å²) in [6.07, 6.45) is 1.84. The van der Waals surface area contributed by atoms with Crippen LogP contribution in [0, 0.1) is 0 Å². The highest BCUT2D eigenvalue weighted by Gasteiger charge is 2.11. The fourth-order valence-corrected chi connectivity index (χ4v) is 3.54. The summed E-state index contributed by atoms with van der Waals surface area (Å²) in [5.74, 6) is 1.19. The molecule has 0 spiro atoms. The Morgan fingerprint density at radius 1 is 1.14 bits per heavy atom. The summed E-state index contributed by atoms with van der Waals surface area (Å²) in [7, 11) is 1.58. The van der Waals surface area contributed by atoms with Crippen LogP contribution in [0.3, 0.4) is 0 Å². The number of benzene rings is 2. The molecule has 2 aromatic carbocycles. The number of anilines is 2. The van der Waals surface area contributed by atoms with Crippen LogP contribution < -0.4 is 15.4 Å². The molecule has 0 fully saturated rings. The third-order valence-corrected chi connectivity index (χ3v) is 5.45. The van der Waals surface area contributed by atoms with Gasteiger partial charge in [-0.25, -0.2) is 0 Å². The molecule has 10 heteroatoms. The van der Waals surface area contributed by atoms with Gasteiger partial charge in [0.2, 0.25) is 0 Å². The third-order valence-electron chi connectivity index (χ3n) is 3.69. The van der Waals surface area contributed by atoms with E-state index in [-0.39, 0.29) is 0 Å². The summed E-state index contributed by atoms with van der Waals surface area (Å²) in [5.41, 5.74) is 1.62. The second-order valence-electron chi connectivity index (χ2n) is 5.70. The van der Waals surface area contributed by atoms with Gasteiger partial charge in [-0.1, -0.05) is 40.9 Å². The minimum atomic E-state index is 0.348. The molecular weight excluding hydrogens is 507 g/mol. The molecule has 0 saturated heterocycles. The van der Waals surface area contributed by atoms with Crippen molar-refractivity contribution in [3.05, 3.63) is 67.7 Å². The molecule has 0 saturated carbocycles. The van der Waals surface area contributed by atoms with Gasteiger partial charge < -0.3 is 15.4 Å². The number of methoxy groups -OCH3 is 1. The Hall–Kier alpha value is -1.51. The first-order chi connectivity index (χ1) is 13.4. The van der Waals surface area contributed by atoms with Gasteiger partial charge >= 0.3 is 0 Å². The van der Waals surface area contributed by atoms with Crippen molar-refractivity contribution >= 4 is 79.6 Å². The summed E-state index contributed by atoms with van der Waals surface area (Å²) in [6.45, 7) is 0.527. The Labute approximate surface area is 191 Å². The molecule has 5 nitrogen and oxygen atoms in total. The molecule has 0 atom stereocenters. The predicted octanol–water partition coefficient (Wildman–Crippen LogP) is 6.47. The van der Waals surface area contributed by atoms with E-state index < -0.39 is 0 Å². The fourth-order valence-electron chi connectivity index (χ4n) is 2.43. The van der Waals surface area contributed by atoms with Gasteiger partial charge in [0.05, 0.1) is 33.9 Å². The van der Waals surface area contributed by atoms with Crippen LogP contribution in [0.5, 0.6) is 5.75 Å². The number of thiocarbonyl (C=S) groups is 1. The molecule has 28 heavy (non-hydrogen) atoms. The van der Waals surface area contributed by atoms with E-state index in [1.807, 2.05) is 18.3 Å². The molecule has 2 N–H and O–H groups in total. The highest BCUT2D eigenvalue weighted by atomic mass is 79.9. The van der Waals surface area contributed by atoms with Crippen LogP contribution >= 0.6 is 63.0 Å². The SMILES string of the molecule is COc1ccc(Cl)cc1NC(=S)Nc1nn(Cc2ccc(Cl)c(Cl)c2)cc1Br. The number of nitrogens with zero attached hydrogens (tertiary/aromatic N) is 2. The molecular formula is C18H14BrCl3N4OS. The van der Waals surface area contributed by atoms with Crippen molar-refractivity contribution in [2.75, 3.05) is 17.7 Å². The van der Waals surface area contributed by atoms with Crippen LogP contribution in [0.25, 0.3) is 0 Å². The lowest BCUT2D eigenvalue weighted by Crippen LogP contribution is -2.20. The van der Waals surface area contributed by atoms with Gasteiger partial charge in [-0.05, 0) is 64.0 Å². The number of rotatable bonds is 5. The minimum Gasteiger partial charge on any atom is -0.495 e. The van der Waals surface area contributed by atoms with Gasteiger partial charge in [0, 0.05) is 11.2 Å².